The first kappa shape index (κ1) is 17.4. The Morgan fingerprint density at radius 1 is 1.43 bits per heavy atom. The van der Waals surface area contributed by atoms with Gasteiger partial charge >= 0.3 is 0 Å². The van der Waals surface area contributed by atoms with Crippen molar-refractivity contribution >= 4 is 28.3 Å². The Bertz CT molecular complexity index is 646. The van der Waals surface area contributed by atoms with Gasteiger partial charge in [0, 0.05) is 36.8 Å². The second-order valence-electron chi connectivity index (χ2n) is 6.07. The molecule has 0 aliphatic rings. The Kier molecular flexibility index (Phi) is 5.67. The first-order valence-electron chi connectivity index (χ1n) is 7.28. The molecule has 0 saturated heterocycles. The maximum atomic E-state index is 11.7. The minimum absolute atomic E-state index is 0.0824. The minimum Gasteiger partial charge on any atom is -0.383 e. The van der Waals surface area contributed by atoms with Gasteiger partial charge in [0.2, 0.25) is 11.0 Å². The van der Waals surface area contributed by atoms with Crippen molar-refractivity contribution in [3.8, 4) is 0 Å². The highest BCUT2D eigenvalue weighted by Crippen LogP contribution is 2.24. The summed E-state index contributed by atoms with van der Waals surface area (Å²) in [5, 5.41) is 10.8. The van der Waals surface area contributed by atoms with Crippen LogP contribution in [0.2, 0.25) is 0 Å². The molecular weight excluding hydrogens is 316 g/mol. The lowest BCUT2D eigenvalue weighted by molar-refractivity contribution is -0.122. The van der Waals surface area contributed by atoms with E-state index < -0.39 is 0 Å². The summed E-state index contributed by atoms with van der Waals surface area (Å²) >= 11 is 1.31. The molecule has 0 atom stereocenters. The van der Waals surface area contributed by atoms with Gasteiger partial charge in [0.1, 0.15) is 12.4 Å². The average Bonchev–Trinajstić information content (AvgIpc) is 3.09. The van der Waals surface area contributed by atoms with Gasteiger partial charge in [-0.05, 0) is 0 Å². The molecule has 0 fully saturated rings. The number of hydrogen-bond donors (Lipinski definition) is 2. The Labute approximate surface area is 139 Å². The molecule has 0 saturated carbocycles. The van der Waals surface area contributed by atoms with Gasteiger partial charge in [0.05, 0.1) is 18.5 Å². The molecule has 0 aromatic carbocycles. The van der Waals surface area contributed by atoms with Crippen molar-refractivity contribution in [2.45, 2.75) is 32.7 Å². The molecule has 9 heteroatoms. The molecule has 0 radical (unpaired) electrons. The SMILES string of the molecule is COCCNC(=O)Cn1cc(Nc2nc(C(C)(C)C)ns2)cn1. The lowest BCUT2D eigenvalue weighted by Crippen LogP contribution is -2.30. The molecule has 126 valence electrons. The molecule has 8 nitrogen and oxygen atoms in total. The summed E-state index contributed by atoms with van der Waals surface area (Å²) in [6, 6.07) is 0. The van der Waals surface area contributed by atoms with E-state index >= 15 is 0 Å². The summed E-state index contributed by atoms with van der Waals surface area (Å²) in [6.45, 7) is 7.35. The molecule has 0 bridgehead atoms. The first-order valence-corrected chi connectivity index (χ1v) is 8.05. The standard InChI is InChI=1S/C14H22N6O2S/c1-14(2,3)12-18-13(23-19-12)17-10-7-16-20(8-10)9-11(21)15-5-6-22-4/h7-8H,5-6,9H2,1-4H3,(H,15,21)(H,17,18,19). The Morgan fingerprint density at radius 3 is 2.87 bits per heavy atom. The first-order chi connectivity index (χ1) is 10.9. The highest BCUT2D eigenvalue weighted by atomic mass is 32.1. The molecule has 0 aliphatic heterocycles. The number of ether oxygens (including phenoxy) is 1. The number of nitrogens with one attached hydrogen (secondary N) is 2. The van der Waals surface area contributed by atoms with Gasteiger partial charge in [-0.15, -0.1) is 0 Å². The lowest BCUT2D eigenvalue weighted by Gasteiger charge is -2.12. The number of anilines is 2. The molecule has 1 amide bonds. The van der Waals surface area contributed by atoms with E-state index in [-0.39, 0.29) is 17.9 Å². The second-order valence-corrected chi connectivity index (χ2v) is 6.82. The number of hydrogen-bond acceptors (Lipinski definition) is 7. The van der Waals surface area contributed by atoms with Gasteiger partial charge in [-0.3, -0.25) is 9.48 Å². The van der Waals surface area contributed by atoms with Crippen molar-refractivity contribution in [3.05, 3.63) is 18.2 Å². The third-order valence-corrected chi connectivity index (χ3v) is 3.55. The summed E-state index contributed by atoms with van der Waals surface area (Å²) in [4.78, 5) is 16.2. The summed E-state index contributed by atoms with van der Waals surface area (Å²) in [5.74, 6) is 0.692. The molecular formula is C14H22N6O2S. The zero-order chi connectivity index (χ0) is 16.9. The van der Waals surface area contributed by atoms with Gasteiger partial charge in [0.15, 0.2) is 0 Å². The van der Waals surface area contributed by atoms with E-state index in [1.54, 1.807) is 24.2 Å². The number of nitrogens with zero attached hydrogens (tertiary/aromatic N) is 4. The van der Waals surface area contributed by atoms with Gasteiger partial charge in [0.25, 0.3) is 0 Å². The van der Waals surface area contributed by atoms with Crippen LogP contribution >= 0.6 is 11.5 Å². The normalized spacial score (nSPS) is 11.5. The smallest absolute Gasteiger partial charge is 0.241 e. The molecule has 0 spiro atoms. The van der Waals surface area contributed by atoms with Gasteiger partial charge < -0.3 is 15.4 Å². The molecule has 23 heavy (non-hydrogen) atoms. The Hall–Kier alpha value is -2.00. The van der Waals surface area contributed by atoms with Crippen LogP contribution in [0.4, 0.5) is 10.8 Å². The highest BCUT2D eigenvalue weighted by molar-refractivity contribution is 7.09. The van der Waals surface area contributed by atoms with Crippen LogP contribution in [0, 0.1) is 0 Å². The quantitative estimate of drug-likeness (QED) is 0.744. The van der Waals surface area contributed by atoms with Crippen LogP contribution in [-0.4, -0.2) is 45.3 Å². The molecule has 0 unspecified atom stereocenters. The Morgan fingerprint density at radius 2 is 2.22 bits per heavy atom. The molecule has 2 heterocycles. The molecule has 2 N–H and O–H groups in total. The average molecular weight is 338 g/mol. The number of methoxy groups -OCH3 is 1. The van der Waals surface area contributed by atoms with Gasteiger partial charge in [-0.2, -0.15) is 9.47 Å². The van der Waals surface area contributed by atoms with Crippen LogP contribution in [0.5, 0.6) is 0 Å². The van der Waals surface area contributed by atoms with E-state index in [2.05, 4.69) is 45.9 Å². The van der Waals surface area contributed by atoms with E-state index in [1.807, 2.05) is 0 Å². The fourth-order valence-electron chi connectivity index (χ4n) is 1.71. The number of carbonyl (C=O) groups excluding carboxylic acids is 1. The maximum Gasteiger partial charge on any atom is 0.241 e. The van der Waals surface area contributed by atoms with Crippen LogP contribution < -0.4 is 10.6 Å². The highest BCUT2D eigenvalue weighted by Gasteiger charge is 2.19. The third kappa shape index (κ3) is 5.29. The van der Waals surface area contributed by atoms with E-state index in [0.717, 1.165) is 11.5 Å². The number of amides is 1. The predicted octanol–water partition coefficient (Wildman–Crippen LogP) is 1.54. The van der Waals surface area contributed by atoms with Crippen LogP contribution in [0.25, 0.3) is 0 Å². The topological polar surface area (TPSA) is 94.0 Å². The summed E-state index contributed by atoms with van der Waals surface area (Å²) in [5.41, 5.74) is 0.687. The zero-order valence-corrected chi connectivity index (χ0v) is 14.6. The molecule has 2 rings (SSSR count). The zero-order valence-electron chi connectivity index (χ0n) is 13.8. The van der Waals surface area contributed by atoms with E-state index in [1.165, 1.54) is 11.5 Å². The summed E-state index contributed by atoms with van der Waals surface area (Å²) < 4.78 is 10.8. The predicted molar refractivity (Wildman–Crippen MR) is 89.0 cm³/mol. The van der Waals surface area contributed by atoms with Crippen molar-refractivity contribution in [2.75, 3.05) is 25.6 Å². The number of carbonyl (C=O) groups is 1. The van der Waals surface area contributed by atoms with Crippen molar-refractivity contribution < 1.29 is 9.53 Å². The minimum atomic E-state index is -0.109. The Balaban J connectivity index is 1.89. The third-order valence-electron chi connectivity index (χ3n) is 2.92. The van der Waals surface area contributed by atoms with Crippen molar-refractivity contribution in [3.63, 3.8) is 0 Å². The van der Waals surface area contributed by atoms with E-state index in [0.29, 0.717) is 18.3 Å². The number of rotatable bonds is 7. The van der Waals surface area contributed by atoms with Gasteiger partial charge in [-0.1, -0.05) is 20.8 Å². The van der Waals surface area contributed by atoms with Crippen LogP contribution in [0.1, 0.15) is 26.6 Å². The molecule has 0 aliphatic carbocycles. The molecule has 2 aromatic heterocycles. The van der Waals surface area contributed by atoms with Crippen LogP contribution in [0.3, 0.4) is 0 Å². The van der Waals surface area contributed by atoms with Crippen molar-refractivity contribution in [1.82, 2.24) is 24.5 Å². The molecule has 2 aromatic rings. The van der Waals surface area contributed by atoms with Crippen LogP contribution in [-0.2, 0) is 21.5 Å². The lowest BCUT2D eigenvalue weighted by atomic mass is 9.96. The fourth-order valence-corrected chi connectivity index (χ4v) is 2.49. The second kappa shape index (κ2) is 7.51. The van der Waals surface area contributed by atoms with E-state index in [9.17, 15) is 4.79 Å². The van der Waals surface area contributed by atoms with Crippen LogP contribution in [0.15, 0.2) is 12.4 Å². The van der Waals surface area contributed by atoms with Crippen molar-refractivity contribution in [2.24, 2.45) is 0 Å². The monoisotopic (exact) mass is 338 g/mol. The largest absolute Gasteiger partial charge is 0.383 e. The fraction of sp³-hybridized carbons (Fsp3) is 0.571. The van der Waals surface area contributed by atoms with E-state index in [4.69, 9.17) is 4.74 Å². The summed E-state index contributed by atoms with van der Waals surface area (Å²) in [7, 11) is 1.59. The number of aromatic nitrogens is 4. The summed E-state index contributed by atoms with van der Waals surface area (Å²) in [6.07, 6.45) is 3.41. The maximum absolute atomic E-state index is 11.7. The van der Waals surface area contributed by atoms with Crippen molar-refractivity contribution in [1.29, 1.82) is 0 Å². The van der Waals surface area contributed by atoms with Gasteiger partial charge in [-0.25, -0.2) is 4.98 Å².